The van der Waals surface area contributed by atoms with Gasteiger partial charge in [-0.15, -0.1) is 11.5 Å². The Balaban J connectivity index is 2.66. The van der Waals surface area contributed by atoms with Gasteiger partial charge in [0.05, 0.1) is 11.6 Å². The molecule has 0 aliphatic heterocycles. The number of hydrogen-bond acceptors (Lipinski definition) is 1. The Morgan fingerprint density at radius 1 is 1.13 bits per heavy atom. The van der Waals surface area contributed by atoms with Gasteiger partial charge in [0.2, 0.25) is 0 Å². The molecule has 76 valence electrons. The Morgan fingerprint density at radius 3 is 2.20 bits per heavy atom. The minimum absolute atomic E-state index is 0.705. The lowest BCUT2D eigenvalue weighted by atomic mass is 10.1. The average Bonchev–Trinajstić information content (AvgIpc) is 2.17. The summed E-state index contributed by atoms with van der Waals surface area (Å²) >= 11 is 0. The molecule has 1 aromatic rings. The molecule has 0 spiro atoms. The molecule has 0 saturated carbocycles. The Kier molecular flexibility index (Phi) is 3.72. The lowest BCUT2D eigenvalue weighted by Gasteiger charge is -2.03. The van der Waals surface area contributed by atoms with E-state index in [-0.39, 0.29) is 0 Å². The van der Waals surface area contributed by atoms with Crippen molar-refractivity contribution in [2.75, 3.05) is 0 Å². The summed E-state index contributed by atoms with van der Waals surface area (Å²) in [6, 6.07) is 9.72. The van der Waals surface area contributed by atoms with Gasteiger partial charge in [0.1, 0.15) is 8.07 Å². The number of nitrogens with zero attached hydrogens (tertiary/aromatic N) is 1. The van der Waals surface area contributed by atoms with Crippen LogP contribution in [0.1, 0.15) is 11.1 Å². The molecule has 0 N–H and O–H groups in total. The molecular weight excluding hydrogens is 198 g/mol. The highest BCUT2D eigenvalue weighted by atomic mass is 28.3. The molecular formula is C13H15NSi. The zero-order chi connectivity index (χ0) is 11.3. The highest BCUT2D eigenvalue weighted by Crippen LogP contribution is 2.04. The summed E-state index contributed by atoms with van der Waals surface area (Å²) in [6.07, 6.45) is 0.788. The number of hydrogen-bond donors (Lipinski definition) is 0. The lowest BCUT2D eigenvalue weighted by molar-refractivity contribution is 1.31. The monoisotopic (exact) mass is 213 g/mol. The molecule has 0 fully saturated rings. The number of nitriles is 1. The highest BCUT2D eigenvalue weighted by molar-refractivity contribution is 6.83. The van der Waals surface area contributed by atoms with Crippen LogP contribution < -0.4 is 0 Å². The first-order valence-electron chi connectivity index (χ1n) is 5.00. The maximum absolute atomic E-state index is 8.64. The standard InChI is InChI=1S/C13H15NSi/c1-15(2,3)10-4-5-12-6-8-13(11-14)9-7-12/h6-9H,5H2,1-3H3. The van der Waals surface area contributed by atoms with Gasteiger partial charge in [-0.25, -0.2) is 0 Å². The molecule has 0 aliphatic rings. The average molecular weight is 213 g/mol. The molecule has 15 heavy (non-hydrogen) atoms. The van der Waals surface area contributed by atoms with Crippen molar-refractivity contribution in [2.24, 2.45) is 0 Å². The van der Waals surface area contributed by atoms with Gasteiger partial charge >= 0.3 is 0 Å². The molecule has 0 aromatic heterocycles. The van der Waals surface area contributed by atoms with E-state index in [2.05, 4.69) is 37.2 Å². The molecule has 0 amide bonds. The second kappa shape index (κ2) is 4.82. The van der Waals surface area contributed by atoms with E-state index in [0.717, 1.165) is 6.42 Å². The summed E-state index contributed by atoms with van der Waals surface area (Å²) in [5.41, 5.74) is 5.21. The molecule has 1 rings (SSSR count). The van der Waals surface area contributed by atoms with E-state index in [1.807, 2.05) is 24.3 Å². The first kappa shape index (κ1) is 11.6. The summed E-state index contributed by atoms with van der Waals surface area (Å²) in [5, 5.41) is 8.64. The third kappa shape index (κ3) is 4.49. The molecule has 0 heterocycles. The highest BCUT2D eigenvalue weighted by Gasteiger charge is 2.06. The van der Waals surface area contributed by atoms with E-state index in [0.29, 0.717) is 5.56 Å². The zero-order valence-corrected chi connectivity index (χ0v) is 10.5. The Hall–Kier alpha value is -1.51. The van der Waals surface area contributed by atoms with Crippen molar-refractivity contribution in [1.82, 2.24) is 0 Å². The fraction of sp³-hybridized carbons (Fsp3) is 0.308. The minimum atomic E-state index is -1.24. The van der Waals surface area contributed by atoms with Crippen LogP contribution in [0.5, 0.6) is 0 Å². The van der Waals surface area contributed by atoms with Gasteiger partial charge in [0.25, 0.3) is 0 Å². The lowest BCUT2D eigenvalue weighted by Crippen LogP contribution is -2.16. The van der Waals surface area contributed by atoms with Crippen LogP contribution in [0.2, 0.25) is 19.6 Å². The summed E-state index contributed by atoms with van der Waals surface area (Å²) in [6.45, 7) is 6.70. The first-order chi connectivity index (χ1) is 7.01. The van der Waals surface area contributed by atoms with E-state index in [1.165, 1.54) is 5.56 Å². The Morgan fingerprint density at radius 2 is 1.73 bits per heavy atom. The van der Waals surface area contributed by atoms with E-state index in [9.17, 15) is 0 Å². The smallest absolute Gasteiger partial charge is 0.129 e. The SMILES string of the molecule is C[Si](C)(C)C#CCc1ccc(C#N)cc1. The molecule has 0 saturated heterocycles. The van der Waals surface area contributed by atoms with Gasteiger partial charge in [0, 0.05) is 6.42 Å². The van der Waals surface area contributed by atoms with Gasteiger partial charge in [-0.1, -0.05) is 31.8 Å². The third-order valence-electron chi connectivity index (χ3n) is 1.84. The van der Waals surface area contributed by atoms with Crippen LogP contribution in [-0.4, -0.2) is 8.07 Å². The van der Waals surface area contributed by atoms with Crippen LogP contribution in [0.4, 0.5) is 0 Å². The van der Waals surface area contributed by atoms with Crippen molar-refractivity contribution in [3.8, 4) is 17.5 Å². The van der Waals surface area contributed by atoms with Crippen LogP contribution in [0.3, 0.4) is 0 Å². The van der Waals surface area contributed by atoms with Crippen molar-refractivity contribution in [3.63, 3.8) is 0 Å². The molecule has 1 nitrogen and oxygen atoms in total. The predicted octanol–water partition coefficient (Wildman–Crippen LogP) is 2.98. The Bertz CT molecular complexity index is 421. The van der Waals surface area contributed by atoms with Gasteiger partial charge in [-0.05, 0) is 17.7 Å². The van der Waals surface area contributed by atoms with Crippen LogP contribution in [0, 0.1) is 22.8 Å². The largest absolute Gasteiger partial charge is 0.192 e. The first-order valence-corrected chi connectivity index (χ1v) is 8.50. The number of benzene rings is 1. The van der Waals surface area contributed by atoms with Crippen molar-refractivity contribution >= 4 is 8.07 Å². The van der Waals surface area contributed by atoms with Crippen molar-refractivity contribution < 1.29 is 0 Å². The van der Waals surface area contributed by atoms with Crippen molar-refractivity contribution in [2.45, 2.75) is 26.1 Å². The normalized spacial score (nSPS) is 10.0. The Labute approximate surface area is 92.8 Å². The minimum Gasteiger partial charge on any atom is -0.192 e. The molecule has 1 aromatic carbocycles. The van der Waals surface area contributed by atoms with Crippen LogP contribution in [0.15, 0.2) is 24.3 Å². The molecule has 0 atom stereocenters. The molecule has 0 aliphatic carbocycles. The van der Waals surface area contributed by atoms with Crippen LogP contribution >= 0.6 is 0 Å². The van der Waals surface area contributed by atoms with Gasteiger partial charge in [-0.2, -0.15) is 5.26 Å². The summed E-state index contributed by atoms with van der Waals surface area (Å²) < 4.78 is 0. The molecule has 0 bridgehead atoms. The summed E-state index contributed by atoms with van der Waals surface area (Å²) in [7, 11) is -1.24. The van der Waals surface area contributed by atoms with Gasteiger partial charge in [0.15, 0.2) is 0 Å². The maximum atomic E-state index is 8.64. The van der Waals surface area contributed by atoms with E-state index in [4.69, 9.17) is 5.26 Å². The van der Waals surface area contributed by atoms with Gasteiger partial charge in [-0.3, -0.25) is 0 Å². The second-order valence-corrected chi connectivity index (χ2v) is 9.29. The zero-order valence-electron chi connectivity index (χ0n) is 9.46. The maximum Gasteiger partial charge on any atom is 0.129 e. The fourth-order valence-electron chi connectivity index (χ4n) is 1.11. The molecule has 2 heteroatoms. The topological polar surface area (TPSA) is 23.8 Å². The fourth-order valence-corrected chi connectivity index (χ4v) is 1.73. The molecule has 0 radical (unpaired) electrons. The van der Waals surface area contributed by atoms with Crippen LogP contribution in [-0.2, 0) is 6.42 Å². The van der Waals surface area contributed by atoms with Crippen LogP contribution in [0.25, 0.3) is 0 Å². The van der Waals surface area contributed by atoms with E-state index < -0.39 is 8.07 Å². The van der Waals surface area contributed by atoms with E-state index >= 15 is 0 Å². The summed E-state index contributed by atoms with van der Waals surface area (Å²) in [4.78, 5) is 0. The quantitative estimate of drug-likeness (QED) is 0.520. The van der Waals surface area contributed by atoms with E-state index in [1.54, 1.807) is 0 Å². The summed E-state index contributed by atoms with van der Waals surface area (Å²) in [5.74, 6) is 3.21. The van der Waals surface area contributed by atoms with Crippen molar-refractivity contribution in [1.29, 1.82) is 5.26 Å². The van der Waals surface area contributed by atoms with Gasteiger partial charge < -0.3 is 0 Å². The molecule has 0 unspecified atom stereocenters. The second-order valence-electron chi connectivity index (χ2n) is 4.54. The number of rotatable bonds is 1. The van der Waals surface area contributed by atoms with Crippen molar-refractivity contribution in [3.05, 3.63) is 35.4 Å². The predicted molar refractivity (Wildman–Crippen MR) is 66.0 cm³/mol. The third-order valence-corrected chi connectivity index (χ3v) is 2.77.